The van der Waals surface area contributed by atoms with E-state index in [1.807, 2.05) is 0 Å². The Hall–Kier alpha value is -3.02. The average Bonchev–Trinajstić information content (AvgIpc) is 2.64. The van der Waals surface area contributed by atoms with Crippen LogP contribution in [0.15, 0.2) is 24.5 Å². The van der Waals surface area contributed by atoms with Crippen molar-refractivity contribution in [3.05, 3.63) is 35.8 Å². The number of halogens is 4. The van der Waals surface area contributed by atoms with Crippen LogP contribution in [0.2, 0.25) is 0 Å². The first-order chi connectivity index (χ1) is 13.6. The highest BCUT2D eigenvalue weighted by Crippen LogP contribution is 2.35. The van der Waals surface area contributed by atoms with E-state index in [9.17, 15) is 22.4 Å². The summed E-state index contributed by atoms with van der Waals surface area (Å²) in [6, 6.07) is 1.65. The summed E-state index contributed by atoms with van der Waals surface area (Å²) in [6.45, 7) is 0. The maximum absolute atomic E-state index is 13.8. The molecule has 3 rings (SSSR count). The minimum Gasteiger partial charge on any atom is -0.367 e. The van der Waals surface area contributed by atoms with Gasteiger partial charge in [-0.05, 0) is 25.0 Å². The first-order valence-corrected chi connectivity index (χ1v) is 8.77. The molecule has 0 aliphatic heterocycles. The molecule has 29 heavy (non-hydrogen) atoms. The van der Waals surface area contributed by atoms with Gasteiger partial charge in [0.1, 0.15) is 23.2 Å². The Morgan fingerprint density at radius 1 is 1.17 bits per heavy atom. The van der Waals surface area contributed by atoms with Gasteiger partial charge in [0, 0.05) is 24.7 Å². The molecular weight excluding hydrogens is 394 g/mol. The summed E-state index contributed by atoms with van der Waals surface area (Å²) in [5.74, 6) is -1.30. The van der Waals surface area contributed by atoms with Crippen molar-refractivity contribution < 1.29 is 22.4 Å². The van der Waals surface area contributed by atoms with Gasteiger partial charge in [0.15, 0.2) is 0 Å². The Morgan fingerprint density at radius 3 is 2.52 bits per heavy atom. The maximum Gasteiger partial charge on any atom is 0.421 e. The van der Waals surface area contributed by atoms with E-state index in [4.69, 9.17) is 11.5 Å². The molecule has 2 heterocycles. The van der Waals surface area contributed by atoms with Crippen molar-refractivity contribution in [1.29, 1.82) is 0 Å². The third-order valence-electron chi connectivity index (χ3n) is 4.53. The van der Waals surface area contributed by atoms with Gasteiger partial charge in [0.05, 0.1) is 11.9 Å². The van der Waals surface area contributed by atoms with Crippen molar-refractivity contribution in [1.82, 2.24) is 15.0 Å². The van der Waals surface area contributed by atoms with Gasteiger partial charge in [-0.3, -0.25) is 4.79 Å². The Kier molecular flexibility index (Phi) is 5.82. The van der Waals surface area contributed by atoms with Crippen LogP contribution in [0.25, 0.3) is 0 Å². The molecule has 6 N–H and O–H groups in total. The van der Waals surface area contributed by atoms with Gasteiger partial charge in [0.25, 0.3) is 5.91 Å². The number of pyridine rings is 1. The van der Waals surface area contributed by atoms with E-state index in [1.165, 1.54) is 18.3 Å². The maximum atomic E-state index is 13.8. The number of nitrogens with zero attached hydrogens (tertiary/aromatic N) is 3. The molecule has 12 heteroatoms. The molecule has 0 radical (unpaired) electrons. The van der Waals surface area contributed by atoms with Crippen LogP contribution in [0.1, 0.15) is 35.3 Å². The van der Waals surface area contributed by atoms with Gasteiger partial charge in [0.2, 0.25) is 5.95 Å². The topological polar surface area (TPSA) is 132 Å². The Bertz CT molecular complexity index is 875. The van der Waals surface area contributed by atoms with Gasteiger partial charge in [-0.2, -0.15) is 18.2 Å². The van der Waals surface area contributed by atoms with Crippen LogP contribution in [0.4, 0.5) is 35.0 Å². The van der Waals surface area contributed by atoms with E-state index in [2.05, 4.69) is 25.6 Å². The molecule has 1 fully saturated rings. The molecule has 1 aliphatic rings. The van der Waals surface area contributed by atoms with Crippen LogP contribution in [0.5, 0.6) is 0 Å². The Morgan fingerprint density at radius 2 is 1.93 bits per heavy atom. The number of carbonyl (C=O) groups excluding carboxylic acids is 1. The SMILES string of the molecule is NC(=O)c1ccc(Nc2ncc(C(F)(F)F)c(N[C@@H]3CC[C@H](N)[C@@H](F)C3)n2)cn1. The average molecular weight is 413 g/mol. The number of carbonyl (C=O) groups is 1. The highest BCUT2D eigenvalue weighted by molar-refractivity contribution is 5.90. The van der Waals surface area contributed by atoms with E-state index in [0.29, 0.717) is 24.7 Å². The third kappa shape index (κ3) is 5.08. The second-order valence-electron chi connectivity index (χ2n) is 6.71. The largest absolute Gasteiger partial charge is 0.421 e. The number of hydrogen-bond donors (Lipinski definition) is 4. The van der Waals surface area contributed by atoms with Crippen molar-refractivity contribution in [2.45, 2.75) is 43.7 Å². The number of amides is 1. The summed E-state index contributed by atoms with van der Waals surface area (Å²) in [6.07, 6.45) is -3.31. The van der Waals surface area contributed by atoms with Crippen LogP contribution in [0.3, 0.4) is 0 Å². The molecule has 1 amide bonds. The van der Waals surface area contributed by atoms with E-state index < -0.39 is 41.7 Å². The second-order valence-corrected chi connectivity index (χ2v) is 6.71. The lowest BCUT2D eigenvalue weighted by atomic mass is 9.90. The fourth-order valence-electron chi connectivity index (χ4n) is 2.97. The standard InChI is InChI=1S/C17H19F4N7O/c18-11-5-8(1-3-12(11)22)26-15-10(17(19,20)21)7-25-16(28-15)27-9-2-4-13(14(23)29)24-6-9/h2,4,6-8,11-12H,1,3,5,22H2,(H2,23,29)(H2,25,26,27,28)/t8-,11+,12+/m1/s1. The van der Waals surface area contributed by atoms with Gasteiger partial charge in [-0.15, -0.1) is 0 Å². The van der Waals surface area contributed by atoms with E-state index in [-0.39, 0.29) is 18.1 Å². The number of rotatable bonds is 5. The Labute approximate surface area is 163 Å². The van der Waals surface area contributed by atoms with Crippen molar-refractivity contribution in [2.24, 2.45) is 11.5 Å². The summed E-state index contributed by atoms with van der Waals surface area (Å²) in [5.41, 5.74) is 10.0. The summed E-state index contributed by atoms with van der Waals surface area (Å²) < 4.78 is 53.8. The minimum absolute atomic E-state index is 0.0102. The van der Waals surface area contributed by atoms with E-state index in [0.717, 1.165) is 0 Å². The fourth-order valence-corrected chi connectivity index (χ4v) is 2.97. The monoisotopic (exact) mass is 413 g/mol. The zero-order chi connectivity index (χ0) is 21.2. The third-order valence-corrected chi connectivity index (χ3v) is 4.53. The normalized spacial score (nSPS) is 22.2. The first-order valence-electron chi connectivity index (χ1n) is 8.77. The molecular formula is C17H19F4N7O. The van der Waals surface area contributed by atoms with Crippen molar-refractivity contribution >= 4 is 23.4 Å². The number of hydrogen-bond acceptors (Lipinski definition) is 7. The molecule has 0 saturated heterocycles. The highest BCUT2D eigenvalue weighted by Gasteiger charge is 2.37. The predicted molar refractivity (Wildman–Crippen MR) is 97.2 cm³/mol. The van der Waals surface area contributed by atoms with Crippen molar-refractivity contribution in [3.63, 3.8) is 0 Å². The number of primary amides is 1. The van der Waals surface area contributed by atoms with Crippen LogP contribution < -0.4 is 22.1 Å². The van der Waals surface area contributed by atoms with Gasteiger partial charge >= 0.3 is 6.18 Å². The lowest BCUT2D eigenvalue weighted by Crippen LogP contribution is -2.42. The molecule has 2 aromatic rings. The molecule has 156 valence electrons. The number of alkyl halides is 4. The molecule has 1 saturated carbocycles. The predicted octanol–water partition coefficient (Wildman–Crippen LogP) is 2.36. The van der Waals surface area contributed by atoms with Gasteiger partial charge in [-0.25, -0.2) is 14.4 Å². The second kappa shape index (κ2) is 8.15. The summed E-state index contributed by atoms with van der Waals surface area (Å²) in [7, 11) is 0. The van der Waals surface area contributed by atoms with E-state index in [1.54, 1.807) is 0 Å². The molecule has 0 unspecified atom stereocenters. The summed E-state index contributed by atoms with van der Waals surface area (Å²) in [4.78, 5) is 22.5. The minimum atomic E-state index is -4.69. The number of aromatic nitrogens is 3. The lowest BCUT2D eigenvalue weighted by molar-refractivity contribution is -0.137. The molecule has 3 atom stereocenters. The number of nitrogens with two attached hydrogens (primary N) is 2. The quantitative estimate of drug-likeness (QED) is 0.553. The summed E-state index contributed by atoms with van der Waals surface area (Å²) in [5, 5.41) is 5.38. The molecule has 2 aromatic heterocycles. The smallest absolute Gasteiger partial charge is 0.367 e. The van der Waals surface area contributed by atoms with Crippen LogP contribution in [-0.4, -0.2) is 39.1 Å². The lowest BCUT2D eigenvalue weighted by Gasteiger charge is -2.30. The first kappa shape index (κ1) is 20.7. The zero-order valence-corrected chi connectivity index (χ0v) is 15.1. The number of nitrogens with one attached hydrogen (secondary N) is 2. The zero-order valence-electron chi connectivity index (χ0n) is 15.1. The molecule has 0 spiro atoms. The van der Waals surface area contributed by atoms with Gasteiger partial charge < -0.3 is 22.1 Å². The van der Waals surface area contributed by atoms with Crippen molar-refractivity contribution in [2.75, 3.05) is 10.6 Å². The van der Waals surface area contributed by atoms with Crippen LogP contribution in [-0.2, 0) is 6.18 Å². The van der Waals surface area contributed by atoms with Gasteiger partial charge in [-0.1, -0.05) is 0 Å². The number of anilines is 3. The van der Waals surface area contributed by atoms with Crippen LogP contribution >= 0.6 is 0 Å². The van der Waals surface area contributed by atoms with Crippen molar-refractivity contribution in [3.8, 4) is 0 Å². The molecule has 0 aromatic carbocycles. The molecule has 0 bridgehead atoms. The molecule has 1 aliphatic carbocycles. The van der Waals surface area contributed by atoms with E-state index >= 15 is 0 Å². The molecule has 8 nitrogen and oxygen atoms in total. The highest BCUT2D eigenvalue weighted by atomic mass is 19.4. The Balaban J connectivity index is 1.82. The fraction of sp³-hybridized carbons (Fsp3) is 0.412. The summed E-state index contributed by atoms with van der Waals surface area (Å²) >= 11 is 0. The van der Waals surface area contributed by atoms with Crippen LogP contribution in [0, 0.1) is 0 Å².